The van der Waals surface area contributed by atoms with Crippen molar-refractivity contribution in [1.82, 2.24) is 19.9 Å². The molecule has 0 aliphatic rings. The second-order valence-electron chi connectivity index (χ2n) is 5.88. The molecule has 0 saturated carbocycles. The van der Waals surface area contributed by atoms with Crippen LogP contribution in [0, 0.1) is 0 Å². The molecule has 0 aliphatic heterocycles. The summed E-state index contributed by atoms with van der Waals surface area (Å²) >= 11 is 12.2. The number of pyridine rings is 3. The molecule has 0 aliphatic carbocycles. The van der Waals surface area contributed by atoms with Gasteiger partial charge >= 0.3 is 0 Å². The fraction of sp³-hybridized carbons (Fsp3) is 0.105. The van der Waals surface area contributed by atoms with Crippen LogP contribution in [0.5, 0.6) is 0 Å². The first-order valence-corrected chi connectivity index (χ1v) is 8.85. The number of halogens is 2. The van der Waals surface area contributed by atoms with Gasteiger partial charge in [-0.05, 0) is 41.0 Å². The van der Waals surface area contributed by atoms with E-state index in [2.05, 4.69) is 25.3 Å². The minimum Gasteiger partial charge on any atom is -0.366 e. The van der Waals surface area contributed by atoms with E-state index < -0.39 is 0 Å². The van der Waals surface area contributed by atoms with Gasteiger partial charge < -0.3 is 10.3 Å². The number of aromatic amines is 1. The van der Waals surface area contributed by atoms with Gasteiger partial charge in [0.2, 0.25) is 0 Å². The van der Waals surface area contributed by atoms with Crippen molar-refractivity contribution in [2.75, 3.05) is 5.32 Å². The maximum atomic E-state index is 6.39. The highest BCUT2D eigenvalue weighted by molar-refractivity contribution is 6.30. The molecule has 2 N–H and O–H groups in total. The van der Waals surface area contributed by atoms with Crippen molar-refractivity contribution >= 4 is 40.1 Å². The Morgan fingerprint density at radius 1 is 1.00 bits per heavy atom. The smallest absolute Gasteiger partial charge is 0.137 e. The summed E-state index contributed by atoms with van der Waals surface area (Å²) in [6, 6.07) is 11.6. The molecule has 4 rings (SSSR count). The van der Waals surface area contributed by atoms with E-state index in [0.29, 0.717) is 29.1 Å². The summed E-state index contributed by atoms with van der Waals surface area (Å²) in [6.07, 6.45) is 6.16. The average molecular weight is 384 g/mol. The number of fused-ring (bicyclic) bond motifs is 1. The minimum atomic E-state index is 0.478. The summed E-state index contributed by atoms with van der Waals surface area (Å²) in [5, 5.41) is 5.31. The monoisotopic (exact) mass is 383 g/mol. The summed E-state index contributed by atoms with van der Waals surface area (Å²) in [5.74, 6) is 0.717. The van der Waals surface area contributed by atoms with E-state index >= 15 is 0 Å². The van der Waals surface area contributed by atoms with E-state index in [1.54, 1.807) is 18.5 Å². The van der Waals surface area contributed by atoms with Crippen LogP contribution >= 0.6 is 23.2 Å². The molecule has 0 radical (unpaired) electrons. The van der Waals surface area contributed by atoms with Crippen LogP contribution in [-0.4, -0.2) is 19.9 Å². The zero-order chi connectivity index (χ0) is 17.9. The van der Waals surface area contributed by atoms with Crippen LogP contribution in [0.25, 0.3) is 11.0 Å². The van der Waals surface area contributed by atoms with Gasteiger partial charge in [0.25, 0.3) is 0 Å². The molecule has 0 aromatic carbocycles. The number of nitrogens with zero attached hydrogens (tertiary/aromatic N) is 3. The maximum absolute atomic E-state index is 6.39. The highest BCUT2D eigenvalue weighted by Gasteiger charge is 2.09. The van der Waals surface area contributed by atoms with Crippen LogP contribution in [0.3, 0.4) is 0 Å². The molecular formula is C19H15Cl2N5. The lowest BCUT2D eigenvalue weighted by molar-refractivity contribution is 1.07. The lowest BCUT2D eigenvalue weighted by Gasteiger charge is -2.08. The normalized spacial score (nSPS) is 11.0. The zero-order valence-corrected chi connectivity index (χ0v) is 15.2. The molecule has 0 spiro atoms. The molecule has 26 heavy (non-hydrogen) atoms. The molecule has 0 bridgehead atoms. The summed E-state index contributed by atoms with van der Waals surface area (Å²) in [5.41, 5.74) is 4.00. The predicted octanol–water partition coefficient (Wildman–Crippen LogP) is 4.86. The van der Waals surface area contributed by atoms with Crippen molar-refractivity contribution in [2.45, 2.75) is 13.0 Å². The van der Waals surface area contributed by atoms with Crippen LogP contribution in [0.15, 0.2) is 55.0 Å². The Balaban J connectivity index is 1.48. The number of rotatable bonds is 5. The molecule has 4 aromatic heterocycles. The molecule has 0 atom stereocenters. The molecule has 130 valence electrons. The molecule has 4 aromatic rings. The van der Waals surface area contributed by atoms with E-state index in [4.69, 9.17) is 23.2 Å². The van der Waals surface area contributed by atoms with Gasteiger partial charge in [-0.3, -0.25) is 0 Å². The fourth-order valence-corrected chi connectivity index (χ4v) is 3.09. The first kappa shape index (κ1) is 16.8. The number of hydrogen-bond donors (Lipinski definition) is 2. The van der Waals surface area contributed by atoms with E-state index in [0.717, 1.165) is 27.7 Å². The van der Waals surface area contributed by atoms with Gasteiger partial charge in [0, 0.05) is 36.9 Å². The topological polar surface area (TPSA) is 66.5 Å². The number of aromatic nitrogens is 4. The van der Waals surface area contributed by atoms with E-state index in [1.165, 1.54) is 0 Å². The van der Waals surface area contributed by atoms with Crippen LogP contribution in [0.2, 0.25) is 10.3 Å². The third-order valence-corrected chi connectivity index (χ3v) is 4.66. The number of anilines is 1. The minimum absolute atomic E-state index is 0.478. The fourth-order valence-electron chi connectivity index (χ4n) is 2.76. The molecule has 0 unspecified atom stereocenters. The Hall–Kier alpha value is -2.63. The lowest BCUT2D eigenvalue weighted by atomic mass is 10.1. The Morgan fingerprint density at radius 3 is 2.73 bits per heavy atom. The van der Waals surface area contributed by atoms with Gasteiger partial charge in [0.1, 0.15) is 21.8 Å². The van der Waals surface area contributed by atoms with E-state index in [-0.39, 0.29) is 0 Å². The number of H-pyrrole nitrogens is 1. The molecular weight excluding hydrogens is 369 g/mol. The largest absolute Gasteiger partial charge is 0.366 e. The molecule has 5 nitrogen and oxygen atoms in total. The summed E-state index contributed by atoms with van der Waals surface area (Å²) in [7, 11) is 0. The maximum Gasteiger partial charge on any atom is 0.137 e. The molecule has 0 amide bonds. The number of nitrogens with one attached hydrogen (secondary N) is 2. The Kier molecular flexibility index (Phi) is 4.73. The van der Waals surface area contributed by atoms with Crippen LogP contribution in [0.1, 0.15) is 16.7 Å². The highest BCUT2D eigenvalue weighted by Crippen LogP contribution is 2.24. The molecule has 7 heteroatoms. The van der Waals surface area contributed by atoms with Crippen molar-refractivity contribution in [2.24, 2.45) is 0 Å². The first-order chi connectivity index (χ1) is 12.7. The van der Waals surface area contributed by atoms with Gasteiger partial charge in [0.05, 0.1) is 0 Å². The van der Waals surface area contributed by atoms with Gasteiger partial charge in [-0.2, -0.15) is 0 Å². The summed E-state index contributed by atoms with van der Waals surface area (Å²) in [6.45, 7) is 0.598. The van der Waals surface area contributed by atoms with Crippen LogP contribution in [0.4, 0.5) is 5.82 Å². The first-order valence-electron chi connectivity index (χ1n) is 8.10. The van der Waals surface area contributed by atoms with Gasteiger partial charge in [-0.1, -0.05) is 35.3 Å². The van der Waals surface area contributed by atoms with Gasteiger partial charge in [0.15, 0.2) is 0 Å². The second kappa shape index (κ2) is 7.32. The Labute approximate surface area is 160 Å². The third kappa shape index (κ3) is 3.64. The van der Waals surface area contributed by atoms with Gasteiger partial charge in [-0.15, -0.1) is 0 Å². The second-order valence-corrected chi connectivity index (χ2v) is 6.62. The standard InChI is InChI=1S/C19H15Cl2N5/c20-16-5-3-12(9-23-16)10-24-17-6-4-13(18(21)26-17)8-14-11-25-19-15(14)2-1-7-22-19/h1-7,9,11H,8,10H2,(H,22,25)(H,24,26). The van der Waals surface area contributed by atoms with Crippen LogP contribution < -0.4 is 5.32 Å². The Morgan fingerprint density at radius 2 is 1.92 bits per heavy atom. The van der Waals surface area contributed by atoms with E-state index in [9.17, 15) is 0 Å². The summed E-state index contributed by atoms with van der Waals surface area (Å²) in [4.78, 5) is 16.0. The summed E-state index contributed by atoms with van der Waals surface area (Å²) < 4.78 is 0. The highest BCUT2D eigenvalue weighted by atomic mass is 35.5. The average Bonchev–Trinajstić information content (AvgIpc) is 3.06. The van der Waals surface area contributed by atoms with E-state index in [1.807, 2.05) is 36.5 Å². The Bertz CT molecular complexity index is 1040. The third-order valence-electron chi connectivity index (χ3n) is 4.11. The molecule has 0 fully saturated rings. The van der Waals surface area contributed by atoms with Crippen molar-refractivity contribution in [3.8, 4) is 0 Å². The predicted molar refractivity (Wildman–Crippen MR) is 105 cm³/mol. The molecule has 0 saturated heterocycles. The SMILES string of the molecule is Clc1ccc(CNc2ccc(Cc3c[nH]c4ncccc34)c(Cl)n2)cn1. The van der Waals surface area contributed by atoms with Crippen molar-refractivity contribution in [3.63, 3.8) is 0 Å². The van der Waals surface area contributed by atoms with Crippen molar-refractivity contribution in [3.05, 3.63) is 82.0 Å². The number of hydrogen-bond acceptors (Lipinski definition) is 4. The van der Waals surface area contributed by atoms with Crippen molar-refractivity contribution < 1.29 is 0 Å². The molecule has 4 heterocycles. The van der Waals surface area contributed by atoms with Crippen LogP contribution in [-0.2, 0) is 13.0 Å². The zero-order valence-electron chi connectivity index (χ0n) is 13.7. The lowest BCUT2D eigenvalue weighted by Crippen LogP contribution is -2.03. The quantitative estimate of drug-likeness (QED) is 0.482. The van der Waals surface area contributed by atoms with Gasteiger partial charge in [-0.25, -0.2) is 15.0 Å². The van der Waals surface area contributed by atoms with Crippen molar-refractivity contribution in [1.29, 1.82) is 0 Å².